The lowest BCUT2D eigenvalue weighted by Gasteiger charge is -2.26. The lowest BCUT2D eigenvalue weighted by molar-refractivity contribution is -0.385. The summed E-state index contributed by atoms with van der Waals surface area (Å²) >= 11 is 0. The Labute approximate surface area is 127 Å². The van der Waals surface area contributed by atoms with E-state index in [0.29, 0.717) is 25.7 Å². The lowest BCUT2D eigenvalue weighted by Crippen LogP contribution is -2.39. The van der Waals surface area contributed by atoms with E-state index < -0.39 is 16.8 Å². The first-order chi connectivity index (χ1) is 10.4. The number of aliphatic carboxylic acids is 1. The molecule has 0 aromatic heterocycles. The average molecular weight is 306 g/mol. The number of benzene rings is 1. The molecule has 0 unspecified atom stereocenters. The minimum atomic E-state index is -0.806. The maximum atomic E-state index is 12.3. The maximum absolute atomic E-state index is 12.3. The molecule has 0 aliphatic heterocycles. The second-order valence-corrected chi connectivity index (χ2v) is 5.64. The third-order valence-electron chi connectivity index (χ3n) is 4.01. The van der Waals surface area contributed by atoms with E-state index in [1.54, 1.807) is 13.0 Å². The van der Waals surface area contributed by atoms with Crippen LogP contribution >= 0.6 is 0 Å². The monoisotopic (exact) mass is 306 g/mol. The highest BCUT2D eigenvalue weighted by Gasteiger charge is 2.28. The third kappa shape index (κ3) is 3.60. The van der Waals surface area contributed by atoms with Gasteiger partial charge in [0.2, 0.25) is 0 Å². The van der Waals surface area contributed by atoms with E-state index in [4.69, 9.17) is 5.11 Å². The van der Waals surface area contributed by atoms with Crippen LogP contribution in [0.4, 0.5) is 5.69 Å². The van der Waals surface area contributed by atoms with Crippen LogP contribution < -0.4 is 5.32 Å². The number of amides is 1. The molecule has 1 aliphatic carbocycles. The molecule has 0 radical (unpaired) electrons. The predicted octanol–water partition coefficient (Wildman–Crippen LogP) is 2.28. The largest absolute Gasteiger partial charge is 0.481 e. The van der Waals surface area contributed by atoms with Crippen LogP contribution in [0.3, 0.4) is 0 Å². The molecule has 1 fully saturated rings. The number of carbonyl (C=O) groups is 2. The number of hydrogen-bond donors (Lipinski definition) is 2. The molecule has 118 valence electrons. The summed E-state index contributed by atoms with van der Waals surface area (Å²) in [5, 5.41) is 22.7. The third-order valence-corrected chi connectivity index (χ3v) is 4.01. The van der Waals surface area contributed by atoms with Gasteiger partial charge in [-0.05, 0) is 44.2 Å². The first-order valence-electron chi connectivity index (χ1n) is 7.17. The van der Waals surface area contributed by atoms with Crippen LogP contribution in [-0.4, -0.2) is 27.9 Å². The Balaban J connectivity index is 2.06. The van der Waals surface area contributed by atoms with Crippen molar-refractivity contribution in [1.82, 2.24) is 5.32 Å². The summed E-state index contributed by atoms with van der Waals surface area (Å²) in [7, 11) is 0. The highest BCUT2D eigenvalue weighted by molar-refractivity contribution is 5.98. The van der Waals surface area contributed by atoms with E-state index in [9.17, 15) is 19.7 Å². The zero-order valence-corrected chi connectivity index (χ0v) is 12.2. The zero-order valence-electron chi connectivity index (χ0n) is 12.2. The fourth-order valence-corrected chi connectivity index (χ4v) is 2.74. The van der Waals surface area contributed by atoms with Gasteiger partial charge in [-0.25, -0.2) is 0 Å². The van der Waals surface area contributed by atoms with E-state index in [-0.39, 0.29) is 23.2 Å². The number of carboxylic acids is 1. The normalized spacial score (nSPS) is 21.1. The van der Waals surface area contributed by atoms with Gasteiger partial charge in [0.15, 0.2) is 0 Å². The van der Waals surface area contributed by atoms with Gasteiger partial charge < -0.3 is 10.4 Å². The Bertz CT molecular complexity index is 606. The number of aryl methyl sites for hydroxylation is 1. The fourth-order valence-electron chi connectivity index (χ4n) is 2.74. The molecule has 1 aromatic rings. The van der Waals surface area contributed by atoms with Gasteiger partial charge >= 0.3 is 5.97 Å². The Morgan fingerprint density at radius 1 is 1.27 bits per heavy atom. The van der Waals surface area contributed by atoms with Crippen molar-refractivity contribution in [1.29, 1.82) is 0 Å². The van der Waals surface area contributed by atoms with Gasteiger partial charge in [0.05, 0.1) is 10.8 Å². The summed E-state index contributed by atoms with van der Waals surface area (Å²) in [5.41, 5.74) is 0.595. The molecule has 2 rings (SSSR count). The Hall–Kier alpha value is -2.44. The molecule has 1 aromatic carbocycles. The molecule has 7 heteroatoms. The Kier molecular flexibility index (Phi) is 4.75. The first kappa shape index (κ1) is 15.9. The van der Waals surface area contributed by atoms with Gasteiger partial charge in [0.1, 0.15) is 5.56 Å². The molecule has 0 heterocycles. The number of nitrogens with one attached hydrogen (secondary N) is 1. The fraction of sp³-hybridized carbons (Fsp3) is 0.467. The van der Waals surface area contributed by atoms with Gasteiger partial charge in [-0.2, -0.15) is 0 Å². The van der Waals surface area contributed by atoms with Gasteiger partial charge in [-0.3, -0.25) is 19.7 Å². The molecule has 7 nitrogen and oxygen atoms in total. The summed E-state index contributed by atoms with van der Waals surface area (Å²) in [4.78, 5) is 33.6. The minimum absolute atomic E-state index is 0.0466. The standard InChI is InChI=1S/C15H18N2O5/c1-9-2-7-13(17(21)22)12(8-9)14(18)16-11-5-3-10(4-6-11)15(19)20/h2,7-8,10-11H,3-6H2,1H3,(H,16,18)(H,19,20). The Morgan fingerprint density at radius 3 is 2.45 bits per heavy atom. The second kappa shape index (κ2) is 6.55. The van der Waals surface area contributed by atoms with Crippen LogP contribution in [-0.2, 0) is 4.79 Å². The smallest absolute Gasteiger partial charge is 0.306 e. The molecule has 1 amide bonds. The number of nitro groups is 1. The van der Waals surface area contributed by atoms with Crippen molar-refractivity contribution >= 4 is 17.6 Å². The number of carbonyl (C=O) groups excluding carboxylic acids is 1. The van der Waals surface area contributed by atoms with Crippen molar-refractivity contribution in [3.63, 3.8) is 0 Å². The molecular weight excluding hydrogens is 288 g/mol. The number of nitro benzene ring substituents is 1. The van der Waals surface area contributed by atoms with Crippen molar-refractivity contribution < 1.29 is 19.6 Å². The molecule has 0 bridgehead atoms. The molecule has 1 saturated carbocycles. The topological polar surface area (TPSA) is 110 Å². The van der Waals surface area contributed by atoms with Crippen molar-refractivity contribution in [2.45, 2.75) is 38.6 Å². The van der Waals surface area contributed by atoms with Crippen LogP contribution in [0, 0.1) is 23.0 Å². The zero-order chi connectivity index (χ0) is 16.3. The molecule has 0 atom stereocenters. The number of carboxylic acid groups (broad SMARTS) is 1. The summed E-state index contributed by atoms with van der Waals surface area (Å²) < 4.78 is 0. The SMILES string of the molecule is Cc1ccc([N+](=O)[O-])c(C(=O)NC2CCC(C(=O)O)CC2)c1. The lowest BCUT2D eigenvalue weighted by atomic mass is 9.86. The van der Waals surface area contributed by atoms with Gasteiger partial charge in [0.25, 0.3) is 11.6 Å². The van der Waals surface area contributed by atoms with E-state index in [2.05, 4.69) is 5.32 Å². The highest BCUT2D eigenvalue weighted by Crippen LogP contribution is 2.25. The Morgan fingerprint density at radius 2 is 1.91 bits per heavy atom. The van der Waals surface area contributed by atoms with E-state index in [0.717, 1.165) is 5.56 Å². The molecule has 22 heavy (non-hydrogen) atoms. The average Bonchev–Trinajstić information content (AvgIpc) is 2.47. The van der Waals surface area contributed by atoms with Crippen LogP contribution in [0.25, 0.3) is 0 Å². The van der Waals surface area contributed by atoms with Crippen molar-refractivity contribution in [2.24, 2.45) is 5.92 Å². The summed E-state index contributed by atoms with van der Waals surface area (Å²) in [6.45, 7) is 1.76. The van der Waals surface area contributed by atoms with E-state index in [1.165, 1.54) is 12.1 Å². The summed E-state index contributed by atoms with van der Waals surface area (Å²) in [5.74, 6) is -1.64. The van der Waals surface area contributed by atoms with Gasteiger partial charge in [-0.1, -0.05) is 6.07 Å². The molecule has 2 N–H and O–H groups in total. The number of rotatable bonds is 4. The van der Waals surface area contributed by atoms with E-state index in [1.807, 2.05) is 0 Å². The number of hydrogen-bond acceptors (Lipinski definition) is 4. The van der Waals surface area contributed by atoms with E-state index >= 15 is 0 Å². The molecule has 0 saturated heterocycles. The van der Waals surface area contributed by atoms with Crippen molar-refractivity contribution in [3.8, 4) is 0 Å². The molecule has 0 spiro atoms. The summed E-state index contributed by atoms with van der Waals surface area (Å²) in [6.07, 6.45) is 2.16. The number of nitrogens with zero attached hydrogens (tertiary/aromatic N) is 1. The van der Waals surface area contributed by atoms with Crippen LogP contribution in [0.5, 0.6) is 0 Å². The van der Waals surface area contributed by atoms with Crippen LogP contribution in [0.2, 0.25) is 0 Å². The first-order valence-corrected chi connectivity index (χ1v) is 7.17. The maximum Gasteiger partial charge on any atom is 0.306 e. The highest BCUT2D eigenvalue weighted by atomic mass is 16.6. The second-order valence-electron chi connectivity index (χ2n) is 5.64. The van der Waals surface area contributed by atoms with Crippen molar-refractivity contribution in [2.75, 3.05) is 0 Å². The predicted molar refractivity (Wildman–Crippen MR) is 78.7 cm³/mol. The van der Waals surface area contributed by atoms with Gasteiger partial charge in [-0.15, -0.1) is 0 Å². The summed E-state index contributed by atoms with van der Waals surface area (Å²) in [6, 6.07) is 4.28. The van der Waals surface area contributed by atoms with Crippen LogP contribution in [0.1, 0.15) is 41.6 Å². The van der Waals surface area contributed by atoms with Gasteiger partial charge in [0, 0.05) is 12.1 Å². The van der Waals surface area contributed by atoms with Crippen molar-refractivity contribution in [3.05, 3.63) is 39.4 Å². The molecular formula is C15H18N2O5. The minimum Gasteiger partial charge on any atom is -0.481 e. The van der Waals surface area contributed by atoms with Crippen LogP contribution in [0.15, 0.2) is 18.2 Å². The quantitative estimate of drug-likeness (QED) is 0.655. The molecule has 1 aliphatic rings.